The lowest BCUT2D eigenvalue weighted by atomic mass is 9.72. The molecule has 2 saturated heterocycles. The lowest BCUT2D eigenvalue weighted by Crippen LogP contribution is -2.43. The molecule has 0 radical (unpaired) electrons. The fraction of sp³-hybridized carbons (Fsp3) is 0.688. The minimum absolute atomic E-state index is 0. The van der Waals surface area contributed by atoms with Crippen LogP contribution in [-0.4, -0.2) is 31.3 Å². The number of anilines is 1. The van der Waals surface area contributed by atoms with E-state index in [0.29, 0.717) is 5.41 Å². The Morgan fingerprint density at radius 1 is 1.16 bits per heavy atom. The Balaban J connectivity index is 0.00000133. The summed E-state index contributed by atoms with van der Waals surface area (Å²) in [7, 11) is 0. The number of hydrogen-bond acceptors (Lipinski definition) is 3. The number of nitrogens with zero attached hydrogens (tertiary/aromatic N) is 2. The molecule has 0 aromatic carbocycles. The molecule has 3 heterocycles. The van der Waals surface area contributed by atoms with Gasteiger partial charge in [-0.3, -0.25) is 0 Å². The van der Waals surface area contributed by atoms with E-state index in [9.17, 15) is 0 Å². The van der Waals surface area contributed by atoms with E-state index in [2.05, 4.69) is 28.9 Å². The lowest BCUT2D eigenvalue weighted by molar-refractivity contribution is 0.00206. The summed E-state index contributed by atoms with van der Waals surface area (Å²) in [5.74, 6) is 1.15. The van der Waals surface area contributed by atoms with Crippen LogP contribution >= 0.6 is 0 Å². The average molecular weight is 262 g/mol. The van der Waals surface area contributed by atoms with Crippen LogP contribution in [0.2, 0.25) is 0 Å². The molecule has 0 N–H and O–H groups in total. The van der Waals surface area contributed by atoms with Gasteiger partial charge in [0.15, 0.2) is 0 Å². The van der Waals surface area contributed by atoms with Crippen molar-refractivity contribution in [3.05, 3.63) is 23.9 Å². The van der Waals surface area contributed by atoms with Crippen LogP contribution in [0.5, 0.6) is 0 Å². The molecule has 0 amide bonds. The van der Waals surface area contributed by atoms with Gasteiger partial charge >= 0.3 is 0 Å². The molecular weight excluding hydrogens is 236 g/mol. The zero-order valence-electron chi connectivity index (χ0n) is 11.2. The van der Waals surface area contributed by atoms with Gasteiger partial charge in [-0.05, 0) is 55.7 Å². The van der Waals surface area contributed by atoms with Crippen molar-refractivity contribution in [1.29, 1.82) is 0 Å². The molecule has 3 rings (SSSR count). The van der Waals surface area contributed by atoms with Crippen molar-refractivity contribution in [2.45, 2.75) is 40.0 Å². The van der Waals surface area contributed by atoms with E-state index < -0.39 is 0 Å². The van der Waals surface area contributed by atoms with Crippen LogP contribution in [0.3, 0.4) is 0 Å². The Morgan fingerprint density at radius 2 is 1.84 bits per heavy atom. The maximum Gasteiger partial charge on any atom is 0.128 e. The minimum Gasteiger partial charge on any atom is -0.381 e. The van der Waals surface area contributed by atoms with Crippen molar-refractivity contribution in [3.63, 3.8) is 0 Å². The van der Waals surface area contributed by atoms with Gasteiger partial charge < -0.3 is 9.64 Å². The zero-order chi connectivity index (χ0) is 12.4. The van der Waals surface area contributed by atoms with Gasteiger partial charge in [-0.25, -0.2) is 4.98 Å². The molecule has 0 bridgehead atoms. The van der Waals surface area contributed by atoms with Gasteiger partial charge in [0, 0.05) is 32.5 Å². The smallest absolute Gasteiger partial charge is 0.128 e. The number of aromatic nitrogens is 1. The second kappa shape index (κ2) is 5.91. The average Bonchev–Trinajstić information content (AvgIpc) is 2.40. The van der Waals surface area contributed by atoms with Gasteiger partial charge in [0.1, 0.15) is 5.82 Å². The van der Waals surface area contributed by atoms with Crippen LogP contribution in [-0.2, 0) is 4.74 Å². The molecule has 3 nitrogen and oxygen atoms in total. The monoisotopic (exact) mass is 262 g/mol. The topological polar surface area (TPSA) is 25.4 Å². The third-order valence-electron chi connectivity index (χ3n) is 4.60. The summed E-state index contributed by atoms with van der Waals surface area (Å²) in [5.41, 5.74) is 1.87. The molecule has 2 aliphatic rings. The lowest BCUT2D eigenvalue weighted by Gasteiger charge is -2.44. The van der Waals surface area contributed by atoms with Crippen molar-refractivity contribution >= 4 is 5.82 Å². The molecule has 1 aromatic heterocycles. The van der Waals surface area contributed by atoms with E-state index in [1.807, 2.05) is 6.20 Å². The fourth-order valence-electron chi connectivity index (χ4n) is 3.21. The van der Waals surface area contributed by atoms with E-state index in [1.165, 1.54) is 31.2 Å². The number of rotatable bonds is 1. The number of pyridine rings is 1. The standard InChI is InChI=1S/C15H22N2O.CH4/c1-13-2-7-16-14(12-13)17-8-3-15(4-9-17)5-10-18-11-6-15;/h2,7,12H,3-6,8-11H2,1H3;1H4. The van der Waals surface area contributed by atoms with Crippen molar-refractivity contribution in [2.75, 3.05) is 31.2 Å². The van der Waals surface area contributed by atoms with Crippen LogP contribution in [0.15, 0.2) is 18.3 Å². The first-order valence-electron chi connectivity index (χ1n) is 7.03. The van der Waals surface area contributed by atoms with Gasteiger partial charge in [0.2, 0.25) is 0 Å². The largest absolute Gasteiger partial charge is 0.381 e. The van der Waals surface area contributed by atoms with Gasteiger partial charge in [-0.15, -0.1) is 0 Å². The SMILES string of the molecule is C.Cc1ccnc(N2CCC3(CCOCC3)CC2)c1. The summed E-state index contributed by atoms with van der Waals surface area (Å²) < 4.78 is 5.50. The van der Waals surface area contributed by atoms with Crippen LogP contribution < -0.4 is 4.90 Å². The summed E-state index contributed by atoms with van der Waals surface area (Å²) in [6.07, 6.45) is 7.02. The molecule has 0 aliphatic carbocycles. The van der Waals surface area contributed by atoms with Crippen LogP contribution in [0.4, 0.5) is 5.82 Å². The Morgan fingerprint density at radius 3 is 2.47 bits per heavy atom. The first-order chi connectivity index (χ1) is 8.77. The highest BCUT2D eigenvalue weighted by atomic mass is 16.5. The van der Waals surface area contributed by atoms with Crippen molar-refractivity contribution < 1.29 is 4.74 Å². The summed E-state index contributed by atoms with van der Waals surface area (Å²) in [6, 6.07) is 4.26. The summed E-state index contributed by atoms with van der Waals surface area (Å²) in [5, 5.41) is 0. The quantitative estimate of drug-likeness (QED) is 0.775. The highest BCUT2D eigenvalue weighted by Gasteiger charge is 2.36. The van der Waals surface area contributed by atoms with E-state index in [1.54, 1.807) is 0 Å². The molecule has 3 heteroatoms. The minimum atomic E-state index is 0. The summed E-state index contributed by atoms with van der Waals surface area (Å²) in [4.78, 5) is 6.94. The van der Waals surface area contributed by atoms with Crippen LogP contribution in [0.1, 0.15) is 38.7 Å². The molecule has 2 aliphatic heterocycles. The first kappa shape index (κ1) is 14.3. The number of piperidine rings is 1. The number of hydrogen-bond donors (Lipinski definition) is 0. The van der Waals surface area contributed by atoms with Crippen LogP contribution in [0.25, 0.3) is 0 Å². The number of ether oxygens (including phenoxy) is 1. The molecule has 0 saturated carbocycles. The summed E-state index contributed by atoms with van der Waals surface area (Å²) >= 11 is 0. The molecule has 19 heavy (non-hydrogen) atoms. The van der Waals surface area contributed by atoms with E-state index in [4.69, 9.17) is 4.74 Å². The van der Waals surface area contributed by atoms with E-state index >= 15 is 0 Å². The molecular formula is C16H26N2O. The highest BCUT2D eigenvalue weighted by molar-refractivity contribution is 5.41. The van der Waals surface area contributed by atoms with Gasteiger partial charge in [0.05, 0.1) is 0 Å². The predicted molar refractivity (Wildman–Crippen MR) is 79.6 cm³/mol. The van der Waals surface area contributed by atoms with Gasteiger partial charge in [0.25, 0.3) is 0 Å². The van der Waals surface area contributed by atoms with Crippen molar-refractivity contribution in [2.24, 2.45) is 5.41 Å². The Bertz CT molecular complexity index is 403. The maximum absolute atomic E-state index is 5.50. The van der Waals surface area contributed by atoms with E-state index in [-0.39, 0.29) is 7.43 Å². The Hall–Kier alpha value is -1.09. The fourth-order valence-corrected chi connectivity index (χ4v) is 3.21. The Labute approximate surface area is 117 Å². The normalized spacial score (nSPS) is 22.1. The van der Waals surface area contributed by atoms with Gasteiger partial charge in [-0.2, -0.15) is 0 Å². The van der Waals surface area contributed by atoms with Crippen molar-refractivity contribution in [3.8, 4) is 0 Å². The molecule has 0 atom stereocenters. The third kappa shape index (κ3) is 3.08. The zero-order valence-corrected chi connectivity index (χ0v) is 11.2. The second-order valence-corrected chi connectivity index (χ2v) is 5.79. The molecule has 1 spiro atoms. The summed E-state index contributed by atoms with van der Waals surface area (Å²) in [6.45, 7) is 6.35. The molecule has 0 unspecified atom stereocenters. The molecule has 1 aromatic rings. The van der Waals surface area contributed by atoms with Crippen LogP contribution in [0, 0.1) is 12.3 Å². The molecule has 2 fully saturated rings. The van der Waals surface area contributed by atoms with Gasteiger partial charge in [-0.1, -0.05) is 7.43 Å². The maximum atomic E-state index is 5.50. The van der Waals surface area contributed by atoms with Crippen molar-refractivity contribution in [1.82, 2.24) is 4.98 Å². The number of aryl methyl sites for hydroxylation is 1. The Kier molecular flexibility index (Phi) is 4.46. The molecule has 106 valence electrons. The predicted octanol–water partition coefficient (Wildman–Crippen LogP) is 3.42. The highest BCUT2D eigenvalue weighted by Crippen LogP contribution is 2.41. The second-order valence-electron chi connectivity index (χ2n) is 5.79. The third-order valence-corrected chi connectivity index (χ3v) is 4.60. The van der Waals surface area contributed by atoms with E-state index in [0.717, 1.165) is 32.1 Å². The first-order valence-corrected chi connectivity index (χ1v) is 7.03.